The fraction of sp³-hybridized carbons (Fsp3) is 0.556. The van der Waals surface area contributed by atoms with Gasteiger partial charge in [-0.3, -0.25) is 14.5 Å². The Balaban J connectivity index is 1.53. The minimum Gasteiger partial charge on any atom is -0.377 e. The molecule has 2 amide bonds. The van der Waals surface area contributed by atoms with Crippen molar-refractivity contribution in [2.45, 2.75) is 25.9 Å². The topological polar surface area (TPSA) is 61.9 Å². The third-order valence-corrected chi connectivity index (χ3v) is 4.58. The number of benzene rings is 1. The van der Waals surface area contributed by atoms with E-state index >= 15 is 0 Å². The number of hydrogen-bond acceptors (Lipinski definition) is 4. The van der Waals surface area contributed by atoms with E-state index in [2.05, 4.69) is 10.2 Å². The number of hydrogen-bond donors (Lipinski definition) is 1. The van der Waals surface area contributed by atoms with Crippen LogP contribution >= 0.6 is 0 Å². The van der Waals surface area contributed by atoms with E-state index in [0.29, 0.717) is 17.4 Å². The largest absolute Gasteiger partial charge is 0.377 e. The van der Waals surface area contributed by atoms with E-state index in [0.717, 1.165) is 52.2 Å². The summed E-state index contributed by atoms with van der Waals surface area (Å²) in [7, 11) is 0. The first-order valence-corrected chi connectivity index (χ1v) is 8.63. The lowest BCUT2D eigenvalue weighted by atomic mass is 10.1. The summed E-state index contributed by atoms with van der Waals surface area (Å²) in [5, 5.41) is 2.72. The first kappa shape index (κ1) is 16.9. The van der Waals surface area contributed by atoms with Crippen molar-refractivity contribution in [3.8, 4) is 0 Å². The molecule has 2 heterocycles. The molecule has 0 aliphatic carbocycles. The van der Waals surface area contributed by atoms with Gasteiger partial charge in [0.05, 0.1) is 6.10 Å². The fourth-order valence-corrected chi connectivity index (χ4v) is 3.33. The molecule has 6 nitrogen and oxygen atoms in total. The smallest absolute Gasteiger partial charge is 0.254 e. The number of nitrogens with one attached hydrogen (secondary N) is 1. The highest BCUT2D eigenvalue weighted by Gasteiger charge is 2.25. The third-order valence-electron chi connectivity index (χ3n) is 4.58. The average molecular weight is 331 g/mol. The van der Waals surface area contributed by atoms with Crippen LogP contribution in [0, 0.1) is 0 Å². The lowest BCUT2D eigenvalue weighted by Crippen LogP contribution is -2.50. The Kier molecular flexibility index (Phi) is 5.48. The summed E-state index contributed by atoms with van der Waals surface area (Å²) in [6.45, 7) is 6.55. The van der Waals surface area contributed by atoms with Crippen LogP contribution in [0.3, 0.4) is 0 Å². The summed E-state index contributed by atoms with van der Waals surface area (Å²) in [5.41, 5.74) is 1.28. The minimum absolute atomic E-state index is 0.0268. The predicted molar refractivity (Wildman–Crippen MR) is 92.1 cm³/mol. The van der Waals surface area contributed by atoms with Crippen LogP contribution in [0.2, 0.25) is 0 Å². The van der Waals surface area contributed by atoms with Crippen molar-refractivity contribution in [1.29, 1.82) is 0 Å². The van der Waals surface area contributed by atoms with Gasteiger partial charge in [0, 0.05) is 57.5 Å². The van der Waals surface area contributed by atoms with Crippen molar-refractivity contribution < 1.29 is 14.3 Å². The lowest BCUT2D eigenvalue weighted by Gasteiger charge is -2.35. The number of rotatable bonds is 4. The van der Waals surface area contributed by atoms with E-state index in [4.69, 9.17) is 4.74 Å². The Labute approximate surface area is 142 Å². The molecule has 6 heteroatoms. The second-order valence-electron chi connectivity index (χ2n) is 6.49. The second kappa shape index (κ2) is 7.77. The van der Waals surface area contributed by atoms with Gasteiger partial charge in [0.1, 0.15) is 0 Å². The first-order valence-electron chi connectivity index (χ1n) is 8.63. The zero-order valence-electron chi connectivity index (χ0n) is 14.2. The Morgan fingerprint density at radius 2 is 2.04 bits per heavy atom. The number of carbonyl (C=O) groups excluding carboxylic acids is 2. The maximum atomic E-state index is 12.7. The Bertz CT molecular complexity index is 591. The molecule has 2 saturated heterocycles. The molecule has 0 saturated carbocycles. The van der Waals surface area contributed by atoms with Crippen LogP contribution < -0.4 is 5.32 Å². The van der Waals surface area contributed by atoms with E-state index in [1.165, 1.54) is 6.92 Å². The Morgan fingerprint density at radius 3 is 2.71 bits per heavy atom. The molecule has 2 aliphatic heterocycles. The molecule has 2 aliphatic rings. The molecule has 1 aromatic carbocycles. The van der Waals surface area contributed by atoms with Crippen molar-refractivity contribution in [2.75, 3.05) is 44.6 Å². The third kappa shape index (κ3) is 4.33. The maximum Gasteiger partial charge on any atom is 0.254 e. The summed E-state index contributed by atoms with van der Waals surface area (Å²) >= 11 is 0. The first-order chi connectivity index (χ1) is 11.6. The van der Waals surface area contributed by atoms with Gasteiger partial charge in [-0.2, -0.15) is 0 Å². The highest BCUT2D eigenvalue weighted by atomic mass is 16.5. The van der Waals surface area contributed by atoms with Crippen molar-refractivity contribution in [1.82, 2.24) is 9.80 Å². The number of ether oxygens (including phenoxy) is 1. The molecule has 3 rings (SSSR count). The molecule has 0 spiro atoms. The lowest BCUT2D eigenvalue weighted by molar-refractivity contribution is -0.114. The molecule has 0 bridgehead atoms. The Hall–Kier alpha value is -1.92. The maximum absolute atomic E-state index is 12.7. The summed E-state index contributed by atoms with van der Waals surface area (Å²) in [5.74, 6) is -0.110. The van der Waals surface area contributed by atoms with Crippen LogP contribution in [0.1, 0.15) is 30.1 Å². The predicted octanol–water partition coefficient (Wildman–Crippen LogP) is 1.58. The fourth-order valence-electron chi connectivity index (χ4n) is 3.33. The van der Waals surface area contributed by atoms with Gasteiger partial charge in [0.25, 0.3) is 5.91 Å². The van der Waals surface area contributed by atoms with Crippen LogP contribution in [0.4, 0.5) is 5.69 Å². The summed E-state index contributed by atoms with van der Waals surface area (Å²) < 4.78 is 5.69. The van der Waals surface area contributed by atoms with Gasteiger partial charge in [-0.25, -0.2) is 0 Å². The van der Waals surface area contributed by atoms with Crippen LogP contribution in [0.15, 0.2) is 24.3 Å². The highest BCUT2D eigenvalue weighted by molar-refractivity contribution is 5.96. The van der Waals surface area contributed by atoms with Gasteiger partial charge in [-0.05, 0) is 31.0 Å². The molecule has 1 aromatic rings. The normalized spacial score (nSPS) is 21.7. The molecule has 130 valence electrons. The van der Waals surface area contributed by atoms with Crippen molar-refractivity contribution in [3.63, 3.8) is 0 Å². The van der Waals surface area contributed by atoms with Crippen LogP contribution in [0.25, 0.3) is 0 Å². The van der Waals surface area contributed by atoms with E-state index in [-0.39, 0.29) is 11.8 Å². The van der Waals surface area contributed by atoms with Gasteiger partial charge in [0.2, 0.25) is 5.91 Å². The molecular formula is C18H25N3O3. The Morgan fingerprint density at radius 1 is 1.25 bits per heavy atom. The zero-order valence-corrected chi connectivity index (χ0v) is 14.2. The molecule has 1 N–H and O–H groups in total. The van der Waals surface area contributed by atoms with Gasteiger partial charge in [-0.15, -0.1) is 0 Å². The SMILES string of the molecule is CC(=O)Nc1cccc(C(=O)N2CCN(C[C@@H]3CCCO3)CC2)c1. The summed E-state index contributed by atoms with van der Waals surface area (Å²) in [4.78, 5) is 28.1. The number of piperazine rings is 1. The van der Waals surface area contributed by atoms with Gasteiger partial charge >= 0.3 is 0 Å². The standard InChI is InChI=1S/C18H25N3O3/c1-14(22)19-16-5-2-4-15(12-16)18(23)21-9-7-20(8-10-21)13-17-6-3-11-24-17/h2,4-5,12,17H,3,6-11,13H2,1H3,(H,19,22)/t17-/m0/s1. The number of amides is 2. The molecule has 1 atom stereocenters. The number of carbonyl (C=O) groups is 2. The average Bonchev–Trinajstić information content (AvgIpc) is 3.07. The van der Waals surface area contributed by atoms with E-state index in [9.17, 15) is 9.59 Å². The van der Waals surface area contributed by atoms with Crippen molar-refractivity contribution in [2.24, 2.45) is 0 Å². The molecule has 24 heavy (non-hydrogen) atoms. The monoisotopic (exact) mass is 331 g/mol. The van der Waals surface area contributed by atoms with E-state index < -0.39 is 0 Å². The van der Waals surface area contributed by atoms with Crippen LogP contribution in [-0.4, -0.2) is 67.0 Å². The minimum atomic E-state index is -0.137. The van der Waals surface area contributed by atoms with Crippen LogP contribution in [-0.2, 0) is 9.53 Å². The molecule has 2 fully saturated rings. The second-order valence-corrected chi connectivity index (χ2v) is 6.49. The summed E-state index contributed by atoms with van der Waals surface area (Å²) in [6, 6.07) is 7.12. The number of nitrogens with zero attached hydrogens (tertiary/aromatic N) is 2. The van der Waals surface area contributed by atoms with Crippen molar-refractivity contribution in [3.05, 3.63) is 29.8 Å². The van der Waals surface area contributed by atoms with E-state index in [1.807, 2.05) is 4.90 Å². The molecule has 0 unspecified atom stereocenters. The van der Waals surface area contributed by atoms with Crippen LogP contribution in [0.5, 0.6) is 0 Å². The molecular weight excluding hydrogens is 306 g/mol. The van der Waals surface area contributed by atoms with E-state index in [1.54, 1.807) is 24.3 Å². The van der Waals surface area contributed by atoms with Crippen molar-refractivity contribution >= 4 is 17.5 Å². The zero-order chi connectivity index (χ0) is 16.9. The number of anilines is 1. The highest BCUT2D eigenvalue weighted by Crippen LogP contribution is 2.17. The summed E-state index contributed by atoms with van der Waals surface area (Å²) in [6.07, 6.45) is 2.67. The molecule has 0 radical (unpaired) electrons. The molecule has 0 aromatic heterocycles. The van der Waals surface area contributed by atoms with Gasteiger partial charge in [0.15, 0.2) is 0 Å². The van der Waals surface area contributed by atoms with Gasteiger partial charge in [-0.1, -0.05) is 6.07 Å². The van der Waals surface area contributed by atoms with Gasteiger partial charge < -0.3 is 15.0 Å². The quantitative estimate of drug-likeness (QED) is 0.910.